The highest BCUT2D eigenvalue weighted by Gasteiger charge is 2.18. The van der Waals surface area contributed by atoms with E-state index in [1.54, 1.807) is 0 Å². The molecule has 6 heteroatoms. The fraction of sp³-hybridized carbons (Fsp3) is 0.222. The number of rotatable bonds is 4. The molecule has 15 heavy (non-hydrogen) atoms. The third kappa shape index (κ3) is 3.03. The van der Waals surface area contributed by atoms with Crippen molar-refractivity contribution in [2.45, 2.75) is 6.04 Å². The molecule has 1 unspecified atom stereocenters. The lowest BCUT2D eigenvalue weighted by Crippen LogP contribution is -2.45. The second-order valence-electron chi connectivity index (χ2n) is 2.84. The lowest BCUT2D eigenvalue weighted by atomic mass is 10.2. The van der Waals surface area contributed by atoms with E-state index < -0.39 is 17.9 Å². The first-order valence-corrected chi connectivity index (χ1v) is 4.29. The summed E-state index contributed by atoms with van der Waals surface area (Å²) >= 11 is 0. The molecule has 0 aliphatic carbocycles. The molecule has 1 aromatic heterocycles. The molecule has 0 aromatic carbocycles. The number of carbonyl (C=O) groups excluding carboxylic acids is 1. The molecule has 0 aliphatic heterocycles. The lowest BCUT2D eigenvalue weighted by Gasteiger charge is -2.11. The average Bonchev–Trinajstić information content (AvgIpc) is 2.26. The van der Waals surface area contributed by atoms with E-state index >= 15 is 0 Å². The van der Waals surface area contributed by atoms with Crippen LogP contribution in [-0.4, -0.2) is 34.6 Å². The molecule has 1 aromatic rings. The van der Waals surface area contributed by atoms with Crippen LogP contribution in [0.25, 0.3) is 0 Å². The number of nitrogens with zero attached hydrogens (tertiary/aromatic N) is 1. The Morgan fingerprint density at radius 2 is 2.07 bits per heavy atom. The van der Waals surface area contributed by atoms with Crippen molar-refractivity contribution in [1.82, 2.24) is 10.3 Å². The zero-order valence-electron chi connectivity index (χ0n) is 7.88. The Balaban J connectivity index is 2.67. The van der Waals surface area contributed by atoms with Crippen LogP contribution in [0.3, 0.4) is 0 Å². The molecule has 1 rings (SSSR count). The van der Waals surface area contributed by atoms with E-state index in [1.165, 1.54) is 24.5 Å². The van der Waals surface area contributed by atoms with E-state index in [0.717, 1.165) is 0 Å². The Labute approximate surface area is 86.1 Å². The van der Waals surface area contributed by atoms with Crippen molar-refractivity contribution in [3.63, 3.8) is 0 Å². The third-order valence-corrected chi connectivity index (χ3v) is 1.78. The molecule has 0 bridgehead atoms. The number of carbonyl (C=O) groups is 2. The highest BCUT2D eigenvalue weighted by Crippen LogP contribution is 1.96. The van der Waals surface area contributed by atoms with Gasteiger partial charge in [-0.1, -0.05) is 0 Å². The van der Waals surface area contributed by atoms with Crippen molar-refractivity contribution in [2.24, 2.45) is 5.73 Å². The molecule has 0 spiro atoms. The van der Waals surface area contributed by atoms with E-state index in [9.17, 15) is 9.59 Å². The van der Waals surface area contributed by atoms with Gasteiger partial charge in [0.25, 0.3) is 5.91 Å². The monoisotopic (exact) mass is 209 g/mol. The van der Waals surface area contributed by atoms with Crippen molar-refractivity contribution >= 4 is 11.9 Å². The Bertz CT molecular complexity index is 353. The molecule has 0 fully saturated rings. The molecule has 0 aliphatic rings. The van der Waals surface area contributed by atoms with E-state index in [1.807, 2.05) is 0 Å². The number of amides is 1. The SMILES string of the molecule is NCC(NC(=O)c1ccncc1)C(=O)O. The highest BCUT2D eigenvalue weighted by molar-refractivity contribution is 5.96. The van der Waals surface area contributed by atoms with Crippen LogP contribution >= 0.6 is 0 Å². The zero-order chi connectivity index (χ0) is 11.3. The standard InChI is InChI=1S/C9H11N3O3/c10-5-7(9(14)15)12-8(13)6-1-3-11-4-2-6/h1-4,7H,5,10H2,(H,12,13)(H,14,15). The summed E-state index contributed by atoms with van der Waals surface area (Å²) in [6.45, 7) is -0.147. The second kappa shape index (κ2) is 5.06. The molecule has 0 radical (unpaired) electrons. The Kier molecular flexibility index (Phi) is 3.75. The van der Waals surface area contributed by atoms with Crippen molar-refractivity contribution in [1.29, 1.82) is 0 Å². The highest BCUT2D eigenvalue weighted by atomic mass is 16.4. The van der Waals surface area contributed by atoms with Crippen molar-refractivity contribution in [2.75, 3.05) is 6.54 Å². The number of aromatic nitrogens is 1. The molecular formula is C9H11N3O3. The summed E-state index contributed by atoms with van der Waals surface area (Å²) < 4.78 is 0. The van der Waals surface area contributed by atoms with Gasteiger partial charge in [-0.15, -0.1) is 0 Å². The molecule has 0 saturated heterocycles. The van der Waals surface area contributed by atoms with Gasteiger partial charge in [0.05, 0.1) is 0 Å². The summed E-state index contributed by atoms with van der Waals surface area (Å²) in [5.74, 6) is -1.63. The largest absolute Gasteiger partial charge is 0.480 e. The number of hydrogen-bond acceptors (Lipinski definition) is 4. The predicted octanol–water partition coefficient (Wildman–Crippen LogP) is -0.777. The zero-order valence-corrected chi connectivity index (χ0v) is 7.88. The van der Waals surface area contributed by atoms with E-state index in [2.05, 4.69) is 10.3 Å². The summed E-state index contributed by atoms with van der Waals surface area (Å²) in [5, 5.41) is 11.0. The van der Waals surface area contributed by atoms with Crippen LogP contribution < -0.4 is 11.1 Å². The first kappa shape index (κ1) is 11.1. The summed E-state index contributed by atoms with van der Waals surface area (Å²) in [6.07, 6.45) is 2.90. The van der Waals surface area contributed by atoms with Crippen molar-refractivity contribution in [3.8, 4) is 0 Å². The van der Waals surface area contributed by atoms with Gasteiger partial charge in [0, 0.05) is 24.5 Å². The summed E-state index contributed by atoms with van der Waals surface area (Å²) in [7, 11) is 0. The first-order valence-electron chi connectivity index (χ1n) is 4.29. The Morgan fingerprint density at radius 1 is 1.47 bits per heavy atom. The van der Waals surface area contributed by atoms with Gasteiger partial charge in [-0.3, -0.25) is 9.78 Å². The van der Waals surface area contributed by atoms with Gasteiger partial charge < -0.3 is 16.2 Å². The van der Waals surface area contributed by atoms with Crippen LogP contribution in [0.4, 0.5) is 0 Å². The fourth-order valence-corrected chi connectivity index (χ4v) is 0.966. The number of pyridine rings is 1. The van der Waals surface area contributed by atoms with E-state index in [-0.39, 0.29) is 6.54 Å². The van der Waals surface area contributed by atoms with Gasteiger partial charge in [0.1, 0.15) is 6.04 Å². The fourth-order valence-electron chi connectivity index (χ4n) is 0.966. The minimum Gasteiger partial charge on any atom is -0.480 e. The summed E-state index contributed by atoms with van der Waals surface area (Å²) in [5.41, 5.74) is 5.54. The second-order valence-corrected chi connectivity index (χ2v) is 2.84. The van der Waals surface area contributed by atoms with Crippen molar-refractivity contribution < 1.29 is 14.7 Å². The predicted molar refractivity (Wildman–Crippen MR) is 52.2 cm³/mol. The smallest absolute Gasteiger partial charge is 0.327 e. The normalized spacial score (nSPS) is 11.8. The first-order chi connectivity index (χ1) is 7.15. The number of nitrogens with one attached hydrogen (secondary N) is 1. The molecule has 80 valence electrons. The number of carboxylic acids is 1. The van der Waals surface area contributed by atoms with Crippen LogP contribution in [0.1, 0.15) is 10.4 Å². The number of carboxylic acid groups (broad SMARTS) is 1. The molecule has 4 N–H and O–H groups in total. The average molecular weight is 209 g/mol. The third-order valence-electron chi connectivity index (χ3n) is 1.78. The van der Waals surface area contributed by atoms with Crippen molar-refractivity contribution in [3.05, 3.63) is 30.1 Å². The maximum atomic E-state index is 11.5. The van der Waals surface area contributed by atoms with E-state index in [4.69, 9.17) is 10.8 Å². The van der Waals surface area contributed by atoms with Gasteiger partial charge in [-0.2, -0.15) is 0 Å². The topological polar surface area (TPSA) is 105 Å². The maximum absolute atomic E-state index is 11.5. The number of nitrogens with two attached hydrogens (primary N) is 1. The van der Waals surface area contributed by atoms with Crippen LogP contribution in [0.5, 0.6) is 0 Å². The minimum absolute atomic E-state index is 0.147. The number of hydrogen-bond donors (Lipinski definition) is 3. The van der Waals surface area contributed by atoms with Gasteiger partial charge in [0.2, 0.25) is 0 Å². The van der Waals surface area contributed by atoms with Gasteiger partial charge >= 0.3 is 5.97 Å². The summed E-state index contributed by atoms with van der Waals surface area (Å²) in [4.78, 5) is 25.8. The van der Waals surface area contributed by atoms with Crippen LogP contribution in [0, 0.1) is 0 Å². The van der Waals surface area contributed by atoms with Gasteiger partial charge in [-0.05, 0) is 12.1 Å². The lowest BCUT2D eigenvalue weighted by molar-refractivity contribution is -0.138. The Hall–Kier alpha value is -1.95. The molecule has 1 amide bonds. The molecular weight excluding hydrogens is 198 g/mol. The van der Waals surface area contributed by atoms with Gasteiger partial charge in [0.15, 0.2) is 0 Å². The van der Waals surface area contributed by atoms with Crippen LogP contribution in [0.15, 0.2) is 24.5 Å². The Morgan fingerprint density at radius 3 is 2.53 bits per heavy atom. The quantitative estimate of drug-likeness (QED) is 0.603. The van der Waals surface area contributed by atoms with Crippen LogP contribution in [0.2, 0.25) is 0 Å². The minimum atomic E-state index is -1.15. The molecule has 0 saturated carbocycles. The van der Waals surface area contributed by atoms with Crippen LogP contribution in [-0.2, 0) is 4.79 Å². The van der Waals surface area contributed by atoms with Gasteiger partial charge in [-0.25, -0.2) is 4.79 Å². The molecule has 1 heterocycles. The summed E-state index contributed by atoms with van der Waals surface area (Å²) in [6, 6.07) is 1.92. The van der Waals surface area contributed by atoms with E-state index in [0.29, 0.717) is 5.56 Å². The molecule has 1 atom stereocenters. The molecule has 6 nitrogen and oxygen atoms in total. The number of aliphatic carboxylic acids is 1. The maximum Gasteiger partial charge on any atom is 0.327 e.